The van der Waals surface area contributed by atoms with Gasteiger partial charge >= 0.3 is 0 Å². The van der Waals surface area contributed by atoms with Crippen molar-refractivity contribution in [2.75, 3.05) is 6.54 Å². The molecule has 0 bridgehead atoms. The normalized spacial score (nSPS) is 10.4. The third kappa shape index (κ3) is 3.60. The summed E-state index contributed by atoms with van der Waals surface area (Å²) in [6.45, 7) is 5.11. The molecule has 0 radical (unpaired) electrons. The highest BCUT2D eigenvalue weighted by molar-refractivity contribution is 5.28. The molecule has 0 heterocycles. The molecule has 13 heavy (non-hydrogen) atoms. The zero-order chi connectivity index (χ0) is 9.68. The summed E-state index contributed by atoms with van der Waals surface area (Å²) in [6.07, 6.45) is 3.51. The number of aryl methyl sites for hydroxylation is 3. The first-order valence-electron chi connectivity index (χ1n) is 4.99. The van der Waals surface area contributed by atoms with E-state index >= 15 is 0 Å². The fourth-order valence-corrected chi connectivity index (χ4v) is 1.69. The predicted octanol–water partition coefficient (Wildman–Crippen LogP) is 2.58. The standard InChI is InChI=1S/C12H19N/c1-10-7-11(2)9-12(8-10)5-3-4-6-13/h7-9H,3-6,13H2,1-2H3. The van der Waals surface area contributed by atoms with Gasteiger partial charge in [-0.1, -0.05) is 29.3 Å². The summed E-state index contributed by atoms with van der Waals surface area (Å²) in [4.78, 5) is 0. The average molecular weight is 177 g/mol. The summed E-state index contributed by atoms with van der Waals surface area (Å²) >= 11 is 0. The average Bonchev–Trinajstić information content (AvgIpc) is 2.03. The molecule has 1 aromatic carbocycles. The second-order valence-corrected chi connectivity index (χ2v) is 3.74. The quantitative estimate of drug-likeness (QED) is 0.703. The van der Waals surface area contributed by atoms with Gasteiger partial charge in [0.2, 0.25) is 0 Å². The van der Waals surface area contributed by atoms with Crippen molar-refractivity contribution in [3.05, 3.63) is 34.9 Å². The second kappa shape index (κ2) is 5.03. The lowest BCUT2D eigenvalue weighted by Crippen LogP contribution is -1.99. The van der Waals surface area contributed by atoms with E-state index in [1.54, 1.807) is 0 Å². The Hall–Kier alpha value is -0.820. The number of benzene rings is 1. The topological polar surface area (TPSA) is 26.0 Å². The van der Waals surface area contributed by atoms with Crippen LogP contribution in [-0.2, 0) is 6.42 Å². The summed E-state index contributed by atoms with van der Waals surface area (Å²) in [5.41, 5.74) is 9.63. The van der Waals surface area contributed by atoms with E-state index in [1.165, 1.54) is 29.5 Å². The van der Waals surface area contributed by atoms with Crippen molar-refractivity contribution in [3.8, 4) is 0 Å². The van der Waals surface area contributed by atoms with Gasteiger partial charge in [0.05, 0.1) is 0 Å². The molecule has 0 amide bonds. The lowest BCUT2D eigenvalue weighted by molar-refractivity contribution is 0.744. The van der Waals surface area contributed by atoms with E-state index in [4.69, 9.17) is 5.73 Å². The minimum atomic E-state index is 0.810. The first kappa shape index (κ1) is 10.3. The van der Waals surface area contributed by atoms with Gasteiger partial charge in [-0.15, -0.1) is 0 Å². The molecule has 1 aromatic rings. The third-order valence-electron chi connectivity index (χ3n) is 2.20. The van der Waals surface area contributed by atoms with Crippen LogP contribution < -0.4 is 5.73 Å². The highest BCUT2D eigenvalue weighted by Gasteiger charge is 1.95. The Balaban J connectivity index is 2.56. The Kier molecular flexibility index (Phi) is 3.97. The van der Waals surface area contributed by atoms with Crippen LogP contribution in [0.15, 0.2) is 18.2 Å². The summed E-state index contributed by atoms with van der Waals surface area (Å²) in [6, 6.07) is 6.75. The van der Waals surface area contributed by atoms with Gasteiger partial charge in [-0.3, -0.25) is 0 Å². The molecule has 0 aliphatic rings. The van der Waals surface area contributed by atoms with Crippen LogP contribution in [0, 0.1) is 13.8 Å². The third-order valence-corrected chi connectivity index (χ3v) is 2.20. The first-order valence-corrected chi connectivity index (χ1v) is 4.99. The number of hydrogen-bond donors (Lipinski definition) is 1. The van der Waals surface area contributed by atoms with Gasteiger partial charge in [0.15, 0.2) is 0 Å². The van der Waals surface area contributed by atoms with Crippen molar-refractivity contribution in [3.63, 3.8) is 0 Å². The van der Waals surface area contributed by atoms with E-state index in [9.17, 15) is 0 Å². The minimum absolute atomic E-state index is 0.810. The number of unbranched alkanes of at least 4 members (excludes halogenated alkanes) is 1. The van der Waals surface area contributed by atoms with Crippen LogP contribution in [0.3, 0.4) is 0 Å². The minimum Gasteiger partial charge on any atom is -0.330 e. The van der Waals surface area contributed by atoms with Crippen molar-refractivity contribution in [2.24, 2.45) is 5.73 Å². The predicted molar refractivity (Wildman–Crippen MR) is 57.9 cm³/mol. The van der Waals surface area contributed by atoms with E-state index in [1.807, 2.05) is 0 Å². The summed E-state index contributed by atoms with van der Waals surface area (Å²) in [5.74, 6) is 0. The molecule has 1 heteroatoms. The molecule has 72 valence electrons. The van der Waals surface area contributed by atoms with E-state index < -0.39 is 0 Å². The number of hydrogen-bond acceptors (Lipinski definition) is 1. The summed E-state index contributed by atoms with van der Waals surface area (Å²) in [5, 5.41) is 0. The molecule has 0 aliphatic carbocycles. The Bertz CT molecular complexity index is 246. The maximum atomic E-state index is 5.45. The smallest absolute Gasteiger partial charge is 0.00772 e. The van der Waals surface area contributed by atoms with Crippen molar-refractivity contribution in [2.45, 2.75) is 33.1 Å². The maximum absolute atomic E-state index is 5.45. The van der Waals surface area contributed by atoms with Crippen LogP contribution in [0.2, 0.25) is 0 Å². The zero-order valence-corrected chi connectivity index (χ0v) is 8.64. The van der Waals surface area contributed by atoms with Crippen LogP contribution >= 0.6 is 0 Å². The van der Waals surface area contributed by atoms with Gasteiger partial charge in [-0.25, -0.2) is 0 Å². The molecule has 0 spiro atoms. The van der Waals surface area contributed by atoms with E-state index in [0.29, 0.717) is 0 Å². The second-order valence-electron chi connectivity index (χ2n) is 3.74. The van der Waals surface area contributed by atoms with Gasteiger partial charge in [0, 0.05) is 0 Å². The monoisotopic (exact) mass is 177 g/mol. The number of rotatable bonds is 4. The van der Waals surface area contributed by atoms with Gasteiger partial charge < -0.3 is 5.73 Å². The molecule has 0 saturated carbocycles. The molecule has 0 unspecified atom stereocenters. The summed E-state index contributed by atoms with van der Waals surface area (Å²) < 4.78 is 0. The lowest BCUT2D eigenvalue weighted by atomic mass is 10.0. The van der Waals surface area contributed by atoms with Crippen LogP contribution in [0.5, 0.6) is 0 Å². The Morgan fingerprint density at radius 1 is 1.00 bits per heavy atom. The van der Waals surface area contributed by atoms with Crippen molar-refractivity contribution in [1.29, 1.82) is 0 Å². The van der Waals surface area contributed by atoms with E-state index in [-0.39, 0.29) is 0 Å². The molecular weight excluding hydrogens is 158 g/mol. The molecule has 1 rings (SSSR count). The summed E-state index contributed by atoms with van der Waals surface area (Å²) in [7, 11) is 0. The highest BCUT2D eigenvalue weighted by atomic mass is 14.5. The maximum Gasteiger partial charge on any atom is -0.00772 e. The van der Waals surface area contributed by atoms with Crippen molar-refractivity contribution < 1.29 is 0 Å². The molecule has 0 fully saturated rings. The molecule has 0 aliphatic heterocycles. The fraction of sp³-hybridized carbons (Fsp3) is 0.500. The molecule has 0 saturated heterocycles. The molecule has 0 aromatic heterocycles. The molecule has 0 atom stereocenters. The SMILES string of the molecule is Cc1cc(C)cc(CCCCN)c1. The largest absolute Gasteiger partial charge is 0.330 e. The van der Waals surface area contributed by atoms with Gasteiger partial charge in [-0.2, -0.15) is 0 Å². The number of nitrogens with two attached hydrogens (primary N) is 1. The van der Waals surface area contributed by atoms with Crippen LogP contribution in [-0.4, -0.2) is 6.54 Å². The van der Waals surface area contributed by atoms with Crippen molar-refractivity contribution in [1.82, 2.24) is 0 Å². The van der Waals surface area contributed by atoms with E-state index in [0.717, 1.165) is 13.0 Å². The zero-order valence-electron chi connectivity index (χ0n) is 8.64. The fourth-order valence-electron chi connectivity index (χ4n) is 1.69. The highest BCUT2D eigenvalue weighted by Crippen LogP contribution is 2.11. The Morgan fingerprint density at radius 3 is 2.15 bits per heavy atom. The molecular formula is C12H19N. The van der Waals surface area contributed by atoms with Gasteiger partial charge in [-0.05, 0) is 45.2 Å². The first-order chi connectivity index (χ1) is 6.22. The molecule has 2 N–H and O–H groups in total. The molecule has 1 nitrogen and oxygen atoms in total. The Labute approximate surface area is 81.0 Å². The lowest BCUT2D eigenvalue weighted by Gasteiger charge is -2.04. The van der Waals surface area contributed by atoms with Crippen LogP contribution in [0.25, 0.3) is 0 Å². The van der Waals surface area contributed by atoms with Gasteiger partial charge in [0.25, 0.3) is 0 Å². The Morgan fingerprint density at radius 2 is 1.62 bits per heavy atom. The van der Waals surface area contributed by atoms with E-state index in [2.05, 4.69) is 32.0 Å². The van der Waals surface area contributed by atoms with Crippen LogP contribution in [0.4, 0.5) is 0 Å². The van der Waals surface area contributed by atoms with Gasteiger partial charge in [0.1, 0.15) is 0 Å². The van der Waals surface area contributed by atoms with Crippen molar-refractivity contribution >= 4 is 0 Å². The van der Waals surface area contributed by atoms with Crippen LogP contribution in [0.1, 0.15) is 29.5 Å².